The molecule has 0 bridgehead atoms. The Kier molecular flexibility index (Phi) is 5.16. The van der Waals surface area contributed by atoms with E-state index in [4.69, 9.17) is 0 Å². The number of likely N-dealkylation sites (tertiary alicyclic amines) is 1. The summed E-state index contributed by atoms with van der Waals surface area (Å²) in [6.45, 7) is 1.37. The van der Waals surface area contributed by atoms with Crippen LogP contribution in [0.15, 0.2) is 66.9 Å². The standard InChI is InChI=1S/C23H24N2O2/c26-22(16-17-6-2-1-3-7-17)18-11-14-25(15-12-18)23(27)20-10-13-24-21-9-5-4-8-19(20)21/h1-10,13,18,22,26H,11-12,14-16H2/t22-/m1/s1. The average Bonchev–Trinajstić information content (AvgIpc) is 2.73. The molecule has 0 saturated carbocycles. The number of carbonyl (C=O) groups is 1. The second-order valence-electron chi connectivity index (χ2n) is 7.26. The first-order valence-electron chi connectivity index (χ1n) is 9.57. The smallest absolute Gasteiger partial charge is 0.254 e. The van der Waals surface area contributed by atoms with Crippen molar-refractivity contribution in [1.29, 1.82) is 0 Å². The molecule has 1 amide bonds. The zero-order chi connectivity index (χ0) is 18.6. The summed E-state index contributed by atoms with van der Waals surface area (Å²) in [5.74, 6) is 0.299. The van der Waals surface area contributed by atoms with Gasteiger partial charge in [-0.1, -0.05) is 48.5 Å². The summed E-state index contributed by atoms with van der Waals surface area (Å²) in [6, 6.07) is 19.7. The van der Waals surface area contributed by atoms with Gasteiger partial charge in [-0.15, -0.1) is 0 Å². The van der Waals surface area contributed by atoms with E-state index < -0.39 is 0 Å². The number of carbonyl (C=O) groups excluding carboxylic acids is 1. The van der Waals surface area contributed by atoms with Crippen molar-refractivity contribution in [1.82, 2.24) is 9.88 Å². The van der Waals surface area contributed by atoms with Gasteiger partial charge in [-0.3, -0.25) is 9.78 Å². The summed E-state index contributed by atoms with van der Waals surface area (Å²) < 4.78 is 0. The lowest BCUT2D eigenvalue weighted by atomic mass is 9.87. The molecule has 2 heterocycles. The number of nitrogens with zero attached hydrogens (tertiary/aromatic N) is 2. The van der Waals surface area contributed by atoms with Crippen molar-refractivity contribution in [3.8, 4) is 0 Å². The number of hydrogen-bond donors (Lipinski definition) is 1. The maximum atomic E-state index is 13.0. The second-order valence-corrected chi connectivity index (χ2v) is 7.26. The van der Waals surface area contributed by atoms with Crippen molar-refractivity contribution < 1.29 is 9.90 Å². The van der Waals surface area contributed by atoms with Gasteiger partial charge in [0.25, 0.3) is 5.91 Å². The molecule has 0 unspecified atom stereocenters. The van der Waals surface area contributed by atoms with Gasteiger partial charge in [-0.25, -0.2) is 0 Å². The van der Waals surface area contributed by atoms with Crippen LogP contribution in [0.25, 0.3) is 10.9 Å². The number of benzene rings is 2. The molecule has 4 nitrogen and oxygen atoms in total. The minimum Gasteiger partial charge on any atom is -0.392 e. The Morgan fingerprint density at radius 3 is 2.52 bits per heavy atom. The molecule has 0 spiro atoms. The van der Waals surface area contributed by atoms with Crippen LogP contribution in [-0.2, 0) is 6.42 Å². The quantitative estimate of drug-likeness (QED) is 0.772. The summed E-state index contributed by atoms with van der Waals surface area (Å²) in [4.78, 5) is 19.3. The molecule has 4 heteroatoms. The first-order chi connectivity index (χ1) is 13.2. The van der Waals surface area contributed by atoms with Crippen molar-refractivity contribution in [3.63, 3.8) is 0 Å². The number of aliphatic hydroxyl groups is 1. The number of aliphatic hydroxyl groups excluding tert-OH is 1. The molecule has 138 valence electrons. The Labute approximate surface area is 159 Å². The van der Waals surface area contributed by atoms with Crippen LogP contribution in [0.2, 0.25) is 0 Å². The van der Waals surface area contributed by atoms with Crippen molar-refractivity contribution in [2.45, 2.75) is 25.4 Å². The summed E-state index contributed by atoms with van der Waals surface area (Å²) in [6.07, 6.45) is 3.69. The molecule has 0 radical (unpaired) electrons. The molecule has 1 saturated heterocycles. The van der Waals surface area contributed by atoms with Crippen molar-refractivity contribution in [2.24, 2.45) is 5.92 Å². The van der Waals surface area contributed by atoms with Gasteiger partial charge in [0.05, 0.1) is 17.2 Å². The van der Waals surface area contributed by atoms with Crippen molar-refractivity contribution in [3.05, 3.63) is 78.0 Å². The first kappa shape index (κ1) is 17.7. The molecule has 3 aromatic rings. The highest BCUT2D eigenvalue weighted by molar-refractivity contribution is 6.05. The third-order valence-corrected chi connectivity index (χ3v) is 5.54. The SMILES string of the molecule is O=C(c1ccnc2ccccc12)N1CCC([C@H](O)Cc2ccccc2)CC1. The van der Waals surface area contributed by atoms with Crippen LogP contribution in [0, 0.1) is 5.92 Å². The van der Waals surface area contributed by atoms with E-state index in [9.17, 15) is 9.90 Å². The van der Waals surface area contributed by atoms with E-state index in [1.807, 2.05) is 47.4 Å². The third kappa shape index (κ3) is 3.86. The van der Waals surface area contributed by atoms with Crippen molar-refractivity contribution in [2.75, 3.05) is 13.1 Å². The average molecular weight is 360 g/mol. The Bertz CT molecular complexity index is 913. The summed E-state index contributed by atoms with van der Waals surface area (Å²) in [7, 11) is 0. The number of piperidine rings is 1. The zero-order valence-electron chi connectivity index (χ0n) is 15.3. The number of para-hydroxylation sites is 1. The topological polar surface area (TPSA) is 53.4 Å². The van der Waals surface area contributed by atoms with Crippen molar-refractivity contribution >= 4 is 16.8 Å². The van der Waals surface area contributed by atoms with Crippen LogP contribution < -0.4 is 0 Å². The molecule has 1 N–H and O–H groups in total. The lowest BCUT2D eigenvalue weighted by Gasteiger charge is -2.34. The number of fused-ring (bicyclic) bond motifs is 1. The molecule has 1 aliphatic rings. The highest BCUT2D eigenvalue weighted by Gasteiger charge is 2.28. The van der Waals surface area contributed by atoms with Gasteiger partial charge >= 0.3 is 0 Å². The van der Waals surface area contributed by atoms with Crippen LogP contribution >= 0.6 is 0 Å². The van der Waals surface area contributed by atoms with E-state index in [0.29, 0.717) is 25.1 Å². The summed E-state index contributed by atoms with van der Waals surface area (Å²) >= 11 is 0. The van der Waals surface area contributed by atoms with Gasteiger partial charge in [0.15, 0.2) is 0 Å². The number of pyridine rings is 1. The molecule has 4 rings (SSSR count). The van der Waals surface area contributed by atoms with Gasteiger partial charge in [0.1, 0.15) is 0 Å². The molecule has 0 aliphatic carbocycles. The van der Waals surface area contributed by atoms with Gasteiger partial charge < -0.3 is 10.0 Å². The fraction of sp³-hybridized carbons (Fsp3) is 0.304. The van der Waals surface area contributed by atoms with E-state index in [-0.39, 0.29) is 17.9 Å². The lowest BCUT2D eigenvalue weighted by molar-refractivity contribution is 0.0468. The Balaban J connectivity index is 1.40. The maximum Gasteiger partial charge on any atom is 0.254 e. The van der Waals surface area contributed by atoms with E-state index in [0.717, 1.165) is 29.3 Å². The highest BCUT2D eigenvalue weighted by Crippen LogP contribution is 2.25. The molecule has 1 atom stereocenters. The number of rotatable bonds is 4. The Morgan fingerprint density at radius 1 is 1.04 bits per heavy atom. The fourth-order valence-corrected chi connectivity index (χ4v) is 3.96. The Hall–Kier alpha value is -2.72. The zero-order valence-corrected chi connectivity index (χ0v) is 15.3. The second kappa shape index (κ2) is 7.89. The lowest BCUT2D eigenvalue weighted by Crippen LogP contribution is -2.41. The molecule has 2 aromatic carbocycles. The van der Waals surface area contributed by atoms with Gasteiger partial charge in [0.2, 0.25) is 0 Å². The van der Waals surface area contributed by atoms with Gasteiger partial charge in [0, 0.05) is 24.7 Å². The van der Waals surface area contributed by atoms with Crippen LogP contribution in [0.5, 0.6) is 0 Å². The van der Waals surface area contributed by atoms with Crippen LogP contribution in [0.3, 0.4) is 0 Å². The van der Waals surface area contributed by atoms with Gasteiger partial charge in [-0.2, -0.15) is 0 Å². The normalized spacial score (nSPS) is 16.4. The van der Waals surface area contributed by atoms with E-state index >= 15 is 0 Å². The number of amides is 1. The number of hydrogen-bond acceptors (Lipinski definition) is 3. The van der Waals surface area contributed by atoms with Crippen LogP contribution in [-0.4, -0.2) is 40.1 Å². The maximum absolute atomic E-state index is 13.0. The summed E-state index contributed by atoms with van der Waals surface area (Å²) in [5.41, 5.74) is 2.71. The monoisotopic (exact) mass is 360 g/mol. The van der Waals surface area contributed by atoms with Gasteiger partial charge in [-0.05, 0) is 42.9 Å². The minimum atomic E-state index is -0.355. The van der Waals surface area contributed by atoms with E-state index in [1.54, 1.807) is 12.3 Å². The largest absolute Gasteiger partial charge is 0.392 e. The highest BCUT2D eigenvalue weighted by atomic mass is 16.3. The predicted molar refractivity (Wildman–Crippen MR) is 107 cm³/mol. The molecule has 1 aromatic heterocycles. The minimum absolute atomic E-state index is 0.0598. The predicted octanol–water partition coefficient (Wildman–Crippen LogP) is 3.69. The van der Waals surface area contributed by atoms with Crippen LogP contribution in [0.1, 0.15) is 28.8 Å². The first-order valence-corrected chi connectivity index (χ1v) is 9.57. The molecule has 27 heavy (non-hydrogen) atoms. The third-order valence-electron chi connectivity index (χ3n) is 5.54. The van der Waals surface area contributed by atoms with E-state index in [2.05, 4.69) is 17.1 Å². The summed E-state index contributed by atoms with van der Waals surface area (Å²) in [5, 5.41) is 11.5. The Morgan fingerprint density at radius 2 is 1.74 bits per heavy atom. The fourth-order valence-electron chi connectivity index (χ4n) is 3.96. The molecular formula is C23H24N2O2. The molecule has 1 aliphatic heterocycles. The number of aromatic nitrogens is 1. The molecular weight excluding hydrogens is 336 g/mol. The van der Waals surface area contributed by atoms with Crippen LogP contribution in [0.4, 0.5) is 0 Å². The van der Waals surface area contributed by atoms with E-state index in [1.165, 1.54) is 0 Å². The molecule has 1 fully saturated rings.